The van der Waals surface area contributed by atoms with Crippen molar-refractivity contribution >= 4 is 9.24 Å². The Balaban J connectivity index is 3.26. The zero-order chi connectivity index (χ0) is 11.6. The van der Waals surface area contributed by atoms with Gasteiger partial charge in [-0.15, -0.1) is 9.24 Å². The maximum Gasteiger partial charge on any atom is 0.416 e. The largest absolute Gasteiger partial charge is 0.416 e. The Kier molecular flexibility index (Phi) is 3.77. The van der Waals surface area contributed by atoms with Crippen LogP contribution in [0, 0.1) is 0 Å². The Hall–Kier alpha value is -0.560. The second kappa shape index (κ2) is 4.52. The first-order valence-electron chi connectivity index (χ1n) is 4.81. The van der Waals surface area contributed by atoms with Crippen molar-refractivity contribution in [2.75, 3.05) is 0 Å². The van der Waals surface area contributed by atoms with Crippen LogP contribution in [0.1, 0.15) is 36.2 Å². The van der Waals surface area contributed by atoms with E-state index >= 15 is 0 Å². The summed E-state index contributed by atoms with van der Waals surface area (Å²) in [7, 11) is 2.50. The zero-order valence-corrected chi connectivity index (χ0v) is 9.88. The van der Waals surface area contributed by atoms with Gasteiger partial charge in [0.1, 0.15) is 0 Å². The average molecular weight is 234 g/mol. The number of hydrogen-bond acceptors (Lipinski definition) is 0. The van der Waals surface area contributed by atoms with Gasteiger partial charge in [0.25, 0.3) is 0 Å². The molecule has 0 aliphatic carbocycles. The molecule has 1 aromatic rings. The normalized spacial score (nSPS) is 14.0. The van der Waals surface area contributed by atoms with Crippen LogP contribution in [-0.2, 0) is 12.6 Å². The van der Waals surface area contributed by atoms with Gasteiger partial charge in [0.15, 0.2) is 0 Å². The monoisotopic (exact) mass is 234 g/mol. The van der Waals surface area contributed by atoms with Crippen LogP contribution < -0.4 is 0 Å². The number of hydrogen-bond donors (Lipinski definition) is 0. The van der Waals surface area contributed by atoms with E-state index in [2.05, 4.69) is 9.24 Å². The van der Waals surface area contributed by atoms with Gasteiger partial charge in [-0.25, -0.2) is 0 Å². The van der Waals surface area contributed by atoms with E-state index in [0.29, 0.717) is 17.5 Å². The molecule has 0 saturated heterocycles. The van der Waals surface area contributed by atoms with Gasteiger partial charge in [-0.05, 0) is 29.3 Å². The summed E-state index contributed by atoms with van der Waals surface area (Å²) in [5.74, 6) is 0. The summed E-state index contributed by atoms with van der Waals surface area (Å²) >= 11 is 0. The fourth-order valence-electron chi connectivity index (χ4n) is 1.45. The fourth-order valence-corrected chi connectivity index (χ4v) is 1.66. The molecule has 15 heavy (non-hydrogen) atoms. The molecule has 0 fully saturated rings. The van der Waals surface area contributed by atoms with Gasteiger partial charge in [0.2, 0.25) is 0 Å². The molecule has 0 spiro atoms. The third-order valence-electron chi connectivity index (χ3n) is 2.35. The zero-order valence-electron chi connectivity index (χ0n) is 8.73. The first kappa shape index (κ1) is 12.5. The van der Waals surface area contributed by atoms with E-state index in [1.165, 1.54) is 6.07 Å². The molecule has 1 rings (SSSR count). The highest BCUT2D eigenvalue weighted by Gasteiger charge is 2.33. The molecular formula is C11H14F3P. The summed E-state index contributed by atoms with van der Waals surface area (Å²) < 4.78 is 38.0. The predicted octanol–water partition coefficient (Wildman–Crippen LogP) is 4.20. The van der Waals surface area contributed by atoms with E-state index in [4.69, 9.17) is 0 Å². The van der Waals surface area contributed by atoms with Crippen LogP contribution in [0.3, 0.4) is 0 Å². The van der Waals surface area contributed by atoms with E-state index < -0.39 is 11.7 Å². The van der Waals surface area contributed by atoms with Gasteiger partial charge < -0.3 is 0 Å². The molecule has 0 bridgehead atoms. The molecule has 4 heteroatoms. The minimum Gasteiger partial charge on any atom is -0.166 e. The van der Waals surface area contributed by atoms with Gasteiger partial charge in [-0.1, -0.05) is 26.0 Å². The SMILES string of the molecule is CCc1ccc(C(C)P)cc1C(F)(F)F. The van der Waals surface area contributed by atoms with Crippen molar-refractivity contribution in [2.45, 2.75) is 32.1 Å². The lowest BCUT2D eigenvalue weighted by Crippen LogP contribution is -2.09. The Bertz CT molecular complexity index is 342. The second-order valence-corrected chi connectivity index (χ2v) is 4.56. The van der Waals surface area contributed by atoms with Crippen LogP contribution in [0.25, 0.3) is 0 Å². The van der Waals surface area contributed by atoms with Crippen molar-refractivity contribution in [1.29, 1.82) is 0 Å². The highest BCUT2D eigenvalue weighted by Crippen LogP contribution is 2.35. The Labute approximate surface area is 90.1 Å². The van der Waals surface area contributed by atoms with Crippen LogP contribution >= 0.6 is 9.24 Å². The molecule has 0 radical (unpaired) electrons. The molecule has 0 amide bonds. The van der Waals surface area contributed by atoms with Gasteiger partial charge >= 0.3 is 6.18 Å². The summed E-state index contributed by atoms with van der Waals surface area (Å²) in [6.45, 7) is 3.58. The van der Waals surface area contributed by atoms with Crippen LogP contribution in [-0.4, -0.2) is 0 Å². The molecule has 0 N–H and O–H groups in total. The number of rotatable bonds is 2. The number of alkyl halides is 3. The Morgan fingerprint density at radius 2 is 1.93 bits per heavy atom. The molecule has 0 aromatic heterocycles. The lowest BCUT2D eigenvalue weighted by molar-refractivity contribution is -0.138. The summed E-state index contributed by atoms with van der Waals surface area (Å²) in [4.78, 5) is 0. The first-order chi connectivity index (χ1) is 6.86. The number of benzene rings is 1. The van der Waals surface area contributed by atoms with Crippen molar-refractivity contribution in [3.05, 3.63) is 34.9 Å². The van der Waals surface area contributed by atoms with Gasteiger partial charge in [-0.2, -0.15) is 13.2 Å². The molecule has 84 valence electrons. The van der Waals surface area contributed by atoms with Gasteiger partial charge in [-0.3, -0.25) is 0 Å². The Morgan fingerprint density at radius 3 is 2.33 bits per heavy atom. The smallest absolute Gasteiger partial charge is 0.166 e. The van der Waals surface area contributed by atoms with Crippen LogP contribution in [0.4, 0.5) is 13.2 Å². The Morgan fingerprint density at radius 1 is 1.33 bits per heavy atom. The van der Waals surface area contributed by atoms with E-state index in [0.717, 1.165) is 0 Å². The standard InChI is InChI=1S/C11H14F3P/c1-3-8-4-5-9(7(2)15)6-10(8)11(12,13)14/h4-7H,3,15H2,1-2H3. The summed E-state index contributed by atoms with van der Waals surface area (Å²) in [5.41, 5.74) is 0.593. The lowest BCUT2D eigenvalue weighted by atomic mass is 10.0. The predicted molar refractivity (Wildman–Crippen MR) is 58.9 cm³/mol. The maximum absolute atomic E-state index is 12.7. The van der Waals surface area contributed by atoms with Crippen LogP contribution in [0.15, 0.2) is 18.2 Å². The average Bonchev–Trinajstić information content (AvgIpc) is 2.15. The molecule has 0 aliphatic heterocycles. The maximum atomic E-state index is 12.7. The topological polar surface area (TPSA) is 0 Å². The molecule has 0 nitrogen and oxygen atoms in total. The van der Waals surface area contributed by atoms with Crippen LogP contribution in [0.2, 0.25) is 0 Å². The molecule has 0 saturated carbocycles. The highest BCUT2D eigenvalue weighted by molar-refractivity contribution is 7.17. The molecular weight excluding hydrogens is 220 g/mol. The van der Waals surface area contributed by atoms with E-state index in [9.17, 15) is 13.2 Å². The summed E-state index contributed by atoms with van der Waals surface area (Å²) in [6, 6.07) is 4.57. The first-order valence-corrected chi connectivity index (χ1v) is 5.48. The minimum atomic E-state index is -4.25. The van der Waals surface area contributed by atoms with Crippen molar-refractivity contribution < 1.29 is 13.2 Å². The second-order valence-electron chi connectivity index (χ2n) is 3.56. The highest BCUT2D eigenvalue weighted by atomic mass is 31.0. The van der Waals surface area contributed by atoms with Crippen molar-refractivity contribution in [2.24, 2.45) is 0 Å². The molecule has 2 unspecified atom stereocenters. The van der Waals surface area contributed by atoms with Crippen molar-refractivity contribution in [3.63, 3.8) is 0 Å². The minimum absolute atomic E-state index is 0.0389. The molecule has 0 heterocycles. The van der Waals surface area contributed by atoms with Crippen LogP contribution in [0.5, 0.6) is 0 Å². The fraction of sp³-hybridized carbons (Fsp3) is 0.455. The van der Waals surface area contributed by atoms with Crippen molar-refractivity contribution in [1.82, 2.24) is 0 Å². The quantitative estimate of drug-likeness (QED) is 0.672. The molecule has 2 atom stereocenters. The van der Waals surface area contributed by atoms with E-state index in [1.54, 1.807) is 19.1 Å². The van der Waals surface area contributed by atoms with E-state index in [-0.39, 0.29) is 5.66 Å². The van der Waals surface area contributed by atoms with Gasteiger partial charge in [0, 0.05) is 0 Å². The third kappa shape index (κ3) is 2.94. The van der Waals surface area contributed by atoms with Crippen molar-refractivity contribution in [3.8, 4) is 0 Å². The number of halogens is 3. The number of aryl methyl sites for hydroxylation is 1. The summed E-state index contributed by atoms with van der Waals surface area (Å²) in [5, 5.41) is 0. The molecule has 1 aromatic carbocycles. The van der Waals surface area contributed by atoms with Gasteiger partial charge in [0.05, 0.1) is 5.56 Å². The van der Waals surface area contributed by atoms with E-state index in [1.807, 2.05) is 6.92 Å². The lowest BCUT2D eigenvalue weighted by Gasteiger charge is -2.14. The third-order valence-corrected chi connectivity index (χ3v) is 2.73. The molecule has 0 aliphatic rings. The summed E-state index contributed by atoms with van der Waals surface area (Å²) in [6.07, 6.45) is -3.85.